The van der Waals surface area contributed by atoms with Gasteiger partial charge in [0.2, 0.25) is 0 Å². The zero-order valence-corrected chi connectivity index (χ0v) is 13.9. The van der Waals surface area contributed by atoms with Crippen molar-refractivity contribution >= 4 is 17.7 Å². The highest BCUT2D eigenvalue weighted by Crippen LogP contribution is 2.15. The fourth-order valence-corrected chi connectivity index (χ4v) is 2.46. The molecule has 122 valence electrons. The zero-order chi connectivity index (χ0) is 15.9. The number of ether oxygens (including phenoxy) is 2. The number of halogens is 1. The fraction of sp³-hybridized carbons (Fsp3) is 0.562. The highest BCUT2D eigenvalue weighted by atomic mass is 35.5. The second-order valence-electron chi connectivity index (χ2n) is 5.53. The van der Waals surface area contributed by atoms with Gasteiger partial charge in [-0.25, -0.2) is 4.79 Å². The van der Waals surface area contributed by atoms with Crippen LogP contribution in [0.15, 0.2) is 24.3 Å². The Morgan fingerprint density at radius 3 is 2.36 bits per heavy atom. The largest absolute Gasteiger partial charge is 0.490 e. The van der Waals surface area contributed by atoms with Crippen LogP contribution in [0.5, 0.6) is 5.75 Å². The van der Waals surface area contributed by atoms with E-state index >= 15 is 0 Å². The minimum atomic E-state index is -0.261. The summed E-state index contributed by atoms with van der Waals surface area (Å²) in [6, 6.07) is 7.62. The molecular weight excluding hydrogens is 304 g/mol. The normalized spacial score (nSPS) is 15.9. The highest BCUT2D eigenvalue weighted by molar-refractivity contribution is 6.30. The molecule has 1 aliphatic heterocycles. The summed E-state index contributed by atoms with van der Waals surface area (Å²) in [5.41, 5.74) is 0. The summed E-state index contributed by atoms with van der Waals surface area (Å²) in [4.78, 5) is 16.0. The molecule has 1 heterocycles. The first-order chi connectivity index (χ1) is 10.6. The SMILES string of the molecule is CC(C)N1CCN(C(=O)OCCOc2ccc(Cl)cc2)CC1. The molecule has 22 heavy (non-hydrogen) atoms. The number of benzene rings is 1. The molecule has 0 unspecified atom stereocenters. The molecule has 0 aromatic heterocycles. The van der Waals surface area contributed by atoms with Gasteiger partial charge in [0.05, 0.1) is 0 Å². The van der Waals surface area contributed by atoms with E-state index < -0.39 is 0 Å². The van der Waals surface area contributed by atoms with Crippen LogP contribution in [0.25, 0.3) is 0 Å². The third-order valence-electron chi connectivity index (χ3n) is 3.69. The quantitative estimate of drug-likeness (QED) is 0.780. The first-order valence-corrected chi connectivity index (χ1v) is 7.98. The molecule has 1 aromatic rings. The van der Waals surface area contributed by atoms with Crippen LogP contribution in [-0.4, -0.2) is 61.3 Å². The van der Waals surface area contributed by atoms with Gasteiger partial charge in [0, 0.05) is 37.2 Å². The molecule has 1 aliphatic rings. The van der Waals surface area contributed by atoms with E-state index in [4.69, 9.17) is 21.1 Å². The van der Waals surface area contributed by atoms with Gasteiger partial charge in [-0.2, -0.15) is 0 Å². The van der Waals surface area contributed by atoms with E-state index in [1.54, 1.807) is 29.2 Å². The number of carbonyl (C=O) groups is 1. The van der Waals surface area contributed by atoms with E-state index in [0.29, 0.717) is 23.4 Å². The van der Waals surface area contributed by atoms with Crippen LogP contribution >= 0.6 is 11.6 Å². The van der Waals surface area contributed by atoms with Crippen molar-refractivity contribution < 1.29 is 14.3 Å². The Bertz CT molecular complexity index is 471. The van der Waals surface area contributed by atoms with Crippen LogP contribution in [0.2, 0.25) is 5.02 Å². The molecule has 2 rings (SSSR count). The lowest BCUT2D eigenvalue weighted by molar-refractivity contribution is 0.0606. The minimum Gasteiger partial charge on any atom is -0.490 e. The highest BCUT2D eigenvalue weighted by Gasteiger charge is 2.23. The molecule has 0 atom stereocenters. The molecule has 0 radical (unpaired) electrons. The van der Waals surface area contributed by atoms with Crippen molar-refractivity contribution in [3.63, 3.8) is 0 Å². The number of hydrogen-bond donors (Lipinski definition) is 0. The third kappa shape index (κ3) is 5.07. The minimum absolute atomic E-state index is 0.242. The lowest BCUT2D eigenvalue weighted by atomic mass is 10.2. The smallest absolute Gasteiger partial charge is 0.409 e. The topological polar surface area (TPSA) is 42.0 Å². The van der Waals surface area contributed by atoms with Crippen molar-refractivity contribution in [2.45, 2.75) is 19.9 Å². The summed E-state index contributed by atoms with van der Waals surface area (Å²) >= 11 is 5.80. The molecule has 1 saturated heterocycles. The van der Waals surface area contributed by atoms with Gasteiger partial charge in [-0.3, -0.25) is 4.90 Å². The van der Waals surface area contributed by atoms with Gasteiger partial charge in [0.1, 0.15) is 19.0 Å². The number of nitrogens with zero attached hydrogens (tertiary/aromatic N) is 2. The van der Waals surface area contributed by atoms with Crippen molar-refractivity contribution in [1.29, 1.82) is 0 Å². The van der Waals surface area contributed by atoms with Crippen LogP contribution in [-0.2, 0) is 4.74 Å². The Morgan fingerprint density at radius 2 is 1.77 bits per heavy atom. The van der Waals surface area contributed by atoms with Crippen LogP contribution < -0.4 is 4.74 Å². The molecule has 0 bridgehead atoms. The van der Waals surface area contributed by atoms with Gasteiger partial charge in [-0.05, 0) is 38.1 Å². The third-order valence-corrected chi connectivity index (χ3v) is 3.95. The summed E-state index contributed by atoms with van der Waals surface area (Å²) in [6.07, 6.45) is -0.261. The maximum absolute atomic E-state index is 11.9. The Kier molecular flexibility index (Phi) is 6.34. The summed E-state index contributed by atoms with van der Waals surface area (Å²) in [5.74, 6) is 0.714. The number of carbonyl (C=O) groups excluding carboxylic acids is 1. The van der Waals surface area contributed by atoms with E-state index in [0.717, 1.165) is 26.2 Å². The molecule has 1 aromatic carbocycles. The van der Waals surface area contributed by atoms with E-state index in [-0.39, 0.29) is 12.7 Å². The number of rotatable bonds is 5. The summed E-state index contributed by atoms with van der Waals surface area (Å²) in [7, 11) is 0. The van der Waals surface area contributed by atoms with Crippen molar-refractivity contribution in [1.82, 2.24) is 9.80 Å². The van der Waals surface area contributed by atoms with E-state index in [1.807, 2.05) is 0 Å². The molecule has 0 saturated carbocycles. The number of amides is 1. The standard InChI is InChI=1S/C16H23ClN2O3/c1-13(2)18-7-9-19(10-8-18)16(20)22-12-11-21-15-5-3-14(17)4-6-15/h3-6,13H,7-12H2,1-2H3. The Labute approximate surface area is 136 Å². The molecule has 1 amide bonds. The van der Waals surface area contributed by atoms with Crippen molar-refractivity contribution in [3.05, 3.63) is 29.3 Å². The van der Waals surface area contributed by atoms with E-state index in [2.05, 4.69) is 18.7 Å². The molecule has 0 aliphatic carbocycles. The van der Waals surface area contributed by atoms with Crippen LogP contribution in [0, 0.1) is 0 Å². The van der Waals surface area contributed by atoms with Gasteiger partial charge in [0.15, 0.2) is 0 Å². The summed E-state index contributed by atoms with van der Waals surface area (Å²) in [5, 5.41) is 0.666. The molecule has 1 fully saturated rings. The first kappa shape index (κ1) is 16.9. The Morgan fingerprint density at radius 1 is 1.14 bits per heavy atom. The van der Waals surface area contributed by atoms with Gasteiger partial charge in [-0.1, -0.05) is 11.6 Å². The molecule has 6 heteroatoms. The van der Waals surface area contributed by atoms with Gasteiger partial charge in [0.25, 0.3) is 0 Å². The predicted octanol–water partition coefficient (Wildman–Crippen LogP) is 2.88. The lowest BCUT2D eigenvalue weighted by Gasteiger charge is -2.36. The monoisotopic (exact) mass is 326 g/mol. The fourth-order valence-electron chi connectivity index (χ4n) is 2.33. The molecular formula is C16H23ClN2O3. The molecule has 0 N–H and O–H groups in total. The van der Waals surface area contributed by atoms with Crippen LogP contribution in [0.3, 0.4) is 0 Å². The Balaban J connectivity index is 1.63. The van der Waals surface area contributed by atoms with Gasteiger partial charge < -0.3 is 14.4 Å². The van der Waals surface area contributed by atoms with Gasteiger partial charge in [-0.15, -0.1) is 0 Å². The second kappa shape index (κ2) is 8.25. The lowest BCUT2D eigenvalue weighted by Crippen LogP contribution is -2.50. The predicted molar refractivity (Wildman–Crippen MR) is 86.6 cm³/mol. The second-order valence-corrected chi connectivity index (χ2v) is 5.97. The molecule has 5 nitrogen and oxygen atoms in total. The van der Waals surface area contributed by atoms with Gasteiger partial charge >= 0.3 is 6.09 Å². The zero-order valence-electron chi connectivity index (χ0n) is 13.1. The number of piperazine rings is 1. The maximum atomic E-state index is 11.9. The van der Waals surface area contributed by atoms with Crippen molar-refractivity contribution in [2.75, 3.05) is 39.4 Å². The van der Waals surface area contributed by atoms with Crippen LogP contribution in [0.4, 0.5) is 4.79 Å². The van der Waals surface area contributed by atoms with Crippen molar-refractivity contribution in [3.8, 4) is 5.75 Å². The van der Waals surface area contributed by atoms with Crippen molar-refractivity contribution in [2.24, 2.45) is 0 Å². The average molecular weight is 327 g/mol. The van der Waals surface area contributed by atoms with E-state index in [1.165, 1.54) is 0 Å². The average Bonchev–Trinajstić information content (AvgIpc) is 2.53. The summed E-state index contributed by atoms with van der Waals surface area (Å²) in [6.45, 7) is 8.14. The van der Waals surface area contributed by atoms with Crippen LogP contribution in [0.1, 0.15) is 13.8 Å². The summed E-state index contributed by atoms with van der Waals surface area (Å²) < 4.78 is 10.7. The van der Waals surface area contributed by atoms with E-state index in [9.17, 15) is 4.79 Å². The maximum Gasteiger partial charge on any atom is 0.409 e. The molecule has 0 spiro atoms. The number of hydrogen-bond acceptors (Lipinski definition) is 4. The first-order valence-electron chi connectivity index (χ1n) is 7.60. The Hall–Kier alpha value is -1.46.